The van der Waals surface area contributed by atoms with E-state index in [1.54, 1.807) is 11.3 Å². The maximum atomic E-state index is 6.08. The number of imidazole rings is 1. The average molecular weight is 251 g/mol. The first-order valence-electron chi connectivity index (χ1n) is 5.95. The summed E-state index contributed by atoms with van der Waals surface area (Å²) in [5.74, 6) is 0. The zero-order valence-corrected chi connectivity index (χ0v) is 11.7. The van der Waals surface area contributed by atoms with Crippen LogP contribution in [0.2, 0.25) is 0 Å². The molecule has 0 aliphatic carbocycles. The van der Waals surface area contributed by atoms with Gasteiger partial charge in [-0.1, -0.05) is 18.3 Å². The van der Waals surface area contributed by atoms with Crippen molar-refractivity contribution < 1.29 is 4.74 Å². The SMILES string of the molecule is CCc1nn2c3c(nc2s1)C(C)(C)OC3(C)C. The van der Waals surface area contributed by atoms with E-state index in [0.29, 0.717) is 0 Å². The highest BCUT2D eigenvalue weighted by Crippen LogP contribution is 2.46. The zero-order valence-electron chi connectivity index (χ0n) is 10.9. The van der Waals surface area contributed by atoms with E-state index >= 15 is 0 Å². The lowest BCUT2D eigenvalue weighted by molar-refractivity contribution is -0.108. The summed E-state index contributed by atoms with van der Waals surface area (Å²) in [6.07, 6.45) is 0.952. The lowest BCUT2D eigenvalue weighted by Gasteiger charge is -2.24. The normalized spacial score (nSPS) is 21.0. The first kappa shape index (κ1) is 11.2. The number of hydrogen-bond donors (Lipinski definition) is 0. The molecule has 0 bridgehead atoms. The van der Waals surface area contributed by atoms with Gasteiger partial charge in [0.05, 0.1) is 5.69 Å². The molecule has 3 rings (SSSR count). The van der Waals surface area contributed by atoms with Gasteiger partial charge in [-0.05, 0) is 34.1 Å². The molecule has 0 atom stereocenters. The van der Waals surface area contributed by atoms with Crippen LogP contribution in [0, 0.1) is 0 Å². The number of hydrogen-bond acceptors (Lipinski definition) is 4. The minimum atomic E-state index is -0.322. The van der Waals surface area contributed by atoms with Crippen molar-refractivity contribution in [3.63, 3.8) is 0 Å². The number of ether oxygens (including phenoxy) is 1. The van der Waals surface area contributed by atoms with Crippen LogP contribution in [0.3, 0.4) is 0 Å². The molecule has 0 amide bonds. The Morgan fingerprint density at radius 1 is 1.24 bits per heavy atom. The van der Waals surface area contributed by atoms with Gasteiger partial charge in [-0.25, -0.2) is 9.50 Å². The van der Waals surface area contributed by atoms with Crippen molar-refractivity contribution in [1.82, 2.24) is 14.6 Å². The standard InChI is InChI=1S/C12H17N3OS/c1-6-7-14-15-9-8(13-10(15)17-7)11(2,3)16-12(9,4)5/h6H2,1-5H3. The molecule has 0 fully saturated rings. The monoisotopic (exact) mass is 251 g/mol. The Hall–Kier alpha value is -0.940. The van der Waals surface area contributed by atoms with Gasteiger partial charge in [0.1, 0.15) is 21.9 Å². The summed E-state index contributed by atoms with van der Waals surface area (Å²) in [5.41, 5.74) is 1.49. The summed E-state index contributed by atoms with van der Waals surface area (Å²) >= 11 is 1.67. The summed E-state index contributed by atoms with van der Waals surface area (Å²) in [6, 6.07) is 0. The van der Waals surface area contributed by atoms with Crippen molar-refractivity contribution in [3.05, 3.63) is 16.4 Å². The fourth-order valence-electron chi connectivity index (χ4n) is 2.63. The Morgan fingerprint density at radius 3 is 2.59 bits per heavy atom. The van der Waals surface area contributed by atoms with Crippen LogP contribution in [0.15, 0.2) is 0 Å². The van der Waals surface area contributed by atoms with Crippen molar-refractivity contribution in [1.29, 1.82) is 0 Å². The van der Waals surface area contributed by atoms with Crippen molar-refractivity contribution in [2.24, 2.45) is 0 Å². The van der Waals surface area contributed by atoms with Gasteiger partial charge in [0, 0.05) is 0 Å². The highest BCUT2D eigenvalue weighted by atomic mass is 32.1. The minimum Gasteiger partial charge on any atom is -0.357 e. The molecular weight excluding hydrogens is 234 g/mol. The Balaban J connectivity index is 2.32. The first-order valence-corrected chi connectivity index (χ1v) is 6.76. The lowest BCUT2D eigenvalue weighted by atomic mass is 10.0. The minimum absolute atomic E-state index is 0.321. The topological polar surface area (TPSA) is 39.4 Å². The van der Waals surface area contributed by atoms with Gasteiger partial charge in [-0.15, -0.1) is 0 Å². The molecule has 0 radical (unpaired) electrons. The van der Waals surface area contributed by atoms with E-state index in [4.69, 9.17) is 9.72 Å². The molecule has 3 heterocycles. The third-order valence-electron chi connectivity index (χ3n) is 3.20. The van der Waals surface area contributed by atoms with Crippen molar-refractivity contribution >= 4 is 16.3 Å². The van der Waals surface area contributed by atoms with E-state index in [2.05, 4.69) is 39.7 Å². The first-order chi connectivity index (χ1) is 7.85. The molecule has 0 N–H and O–H groups in total. The van der Waals surface area contributed by atoms with Gasteiger partial charge in [-0.3, -0.25) is 0 Å². The Morgan fingerprint density at radius 2 is 1.94 bits per heavy atom. The predicted octanol–water partition coefficient (Wildman–Crippen LogP) is 2.85. The smallest absolute Gasteiger partial charge is 0.212 e. The van der Waals surface area contributed by atoms with Crippen LogP contribution >= 0.6 is 11.3 Å². The van der Waals surface area contributed by atoms with E-state index in [0.717, 1.165) is 27.8 Å². The van der Waals surface area contributed by atoms with Crippen LogP contribution < -0.4 is 0 Å². The van der Waals surface area contributed by atoms with E-state index in [9.17, 15) is 0 Å². The molecule has 2 aromatic heterocycles. The molecular formula is C12H17N3OS. The quantitative estimate of drug-likeness (QED) is 0.782. The van der Waals surface area contributed by atoms with Crippen LogP contribution in [0.5, 0.6) is 0 Å². The van der Waals surface area contributed by atoms with Crippen molar-refractivity contribution in [2.75, 3.05) is 0 Å². The van der Waals surface area contributed by atoms with E-state index < -0.39 is 0 Å². The molecule has 0 spiro atoms. The molecule has 5 heteroatoms. The van der Waals surface area contributed by atoms with Crippen molar-refractivity contribution in [2.45, 2.75) is 52.2 Å². The molecule has 0 unspecified atom stereocenters. The highest BCUT2D eigenvalue weighted by molar-refractivity contribution is 7.16. The number of aromatic nitrogens is 3. The Bertz CT molecular complexity index is 594. The van der Waals surface area contributed by atoms with Gasteiger partial charge in [0.15, 0.2) is 0 Å². The van der Waals surface area contributed by atoms with Crippen LogP contribution in [-0.2, 0) is 22.4 Å². The molecule has 0 saturated heterocycles. The molecule has 1 aliphatic heterocycles. The second kappa shape index (κ2) is 3.09. The zero-order chi connectivity index (χ0) is 12.4. The molecule has 0 saturated carbocycles. The average Bonchev–Trinajstić information content (AvgIpc) is 2.73. The number of nitrogens with zero attached hydrogens (tertiary/aromatic N) is 3. The van der Waals surface area contributed by atoms with E-state index in [-0.39, 0.29) is 11.2 Å². The van der Waals surface area contributed by atoms with Gasteiger partial charge < -0.3 is 4.74 Å². The summed E-state index contributed by atoms with van der Waals surface area (Å²) in [5, 5.41) is 5.74. The molecule has 17 heavy (non-hydrogen) atoms. The molecule has 92 valence electrons. The summed E-state index contributed by atoms with van der Waals surface area (Å²) in [7, 11) is 0. The van der Waals surface area contributed by atoms with Gasteiger partial charge in [-0.2, -0.15) is 5.10 Å². The van der Waals surface area contributed by atoms with E-state index in [1.165, 1.54) is 0 Å². The molecule has 1 aliphatic rings. The van der Waals surface area contributed by atoms with Crippen LogP contribution in [0.4, 0.5) is 0 Å². The Labute approximate surface area is 105 Å². The predicted molar refractivity (Wildman–Crippen MR) is 67.4 cm³/mol. The second-order valence-electron chi connectivity index (χ2n) is 5.48. The van der Waals surface area contributed by atoms with E-state index in [1.807, 2.05) is 4.52 Å². The fraction of sp³-hybridized carbons (Fsp3) is 0.667. The molecule has 0 aromatic carbocycles. The van der Waals surface area contributed by atoms with Gasteiger partial charge >= 0.3 is 0 Å². The number of rotatable bonds is 1. The maximum absolute atomic E-state index is 6.08. The Kier molecular flexibility index (Phi) is 2.03. The van der Waals surface area contributed by atoms with Crippen molar-refractivity contribution in [3.8, 4) is 0 Å². The molecule has 2 aromatic rings. The van der Waals surface area contributed by atoms with Gasteiger partial charge in [0.25, 0.3) is 0 Å². The summed E-state index contributed by atoms with van der Waals surface area (Å²) in [6.45, 7) is 10.4. The lowest BCUT2D eigenvalue weighted by Crippen LogP contribution is -2.24. The maximum Gasteiger partial charge on any atom is 0.212 e. The fourth-order valence-corrected chi connectivity index (χ4v) is 3.46. The number of aryl methyl sites for hydroxylation is 1. The largest absolute Gasteiger partial charge is 0.357 e. The summed E-state index contributed by atoms with van der Waals surface area (Å²) < 4.78 is 8.04. The highest BCUT2D eigenvalue weighted by Gasteiger charge is 2.48. The van der Waals surface area contributed by atoms with Crippen LogP contribution in [0.25, 0.3) is 4.96 Å². The third kappa shape index (κ3) is 1.39. The van der Waals surface area contributed by atoms with Gasteiger partial charge in [0.2, 0.25) is 4.96 Å². The second-order valence-corrected chi connectivity index (χ2v) is 6.52. The van der Waals surface area contributed by atoms with Crippen LogP contribution in [-0.4, -0.2) is 14.6 Å². The summed E-state index contributed by atoms with van der Waals surface area (Å²) in [4.78, 5) is 5.69. The number of fused-ring (bicyclic) bond motifs is 3. The molecule has 4 nitrogen and oxygen atoms in total. The third-order valence-corrected chi connectivity index (χ3v) is 4.25. The van der Waals surface area contributed by atoms with Crippen LogP contribution in [0.1, 0.15) is 51.0 Å².